The monoisotopic (exact) mass is 271 g/mol. The molecule has 0 aromatic heterocycles. The predicted octanol–water partition coefficient (Wildman–Crippen LogP) is -0.107. The topological polar surface area (TPSA) is 101 Å². The van der Waals surface area contributed by atoms with E-state index in [1.807, 2.05) is 30.3 Å². The smallest absolute Gasteiger partial charge is 0.239 e. The Morgan fingerprint density at radius 3 is 2.50 bits per heavy atom. The fourth-order valence-corrected chi connectivity index (χ4v) is 1.85. The van der Waals surface area contributed by atoms with Crippen molar-refractivity contribution in [3.05, 3.63) is 30.3 Å². The Morgan fingerprint density at radius 2 is 1.89 bits per heavy atom. The number of para-hydroxylation sites is 1. The Bertz CT molecular complexity index is 474. The number of amides is 1. The van der Waals surface area contributed by atoms with Gasteiger partial charge < -0.3 is 10.6 Å². The molecule has 6 nitrogen and oxygen atoms in total. The minimum Gasteiger partial charge on any atom is -0.376 e. The van der Waals surface area contributed by atoms with Crippen LogP contribution in [0.5, 0.6) is 0 Å². The summed E-state index contributed by atoms with van der Waals surface area (Å²) in [5.74, 6) is -0.312. The van der Waals surface area contributed by atoms with Gasteiger partial charge in [-0.05, 0) is 18.6 Å². The molecular weight excluding hydrogens is 254 g/mol. The maximum absolute atomic E-state index is 11.4. The van der Waals surface area contributed by atoms with Crippen molar-refractivity contribution in [3.63, 3.8) is 0 Å². The van der Waals surface area contributed by atoms with E-state index in [1.165, 1.54) is 0 Å². The van der Waals surface area contributed by atoms with E-state index in [-0.39, 0.29) is 18.2 Å². The molecular formula is C11H17N3O3S. The molecule has 1 aromatic rings. The highest BCUT2D eigenvalue weighted by molar-refractivity contribution is 7.89. The third-order valence-electron chi connectivity index (χ3n) is 2.15. The highest BCUT2D eigenvalue weighted by Gasteiger charge is 2.03. The van der Waals surface area contributed by atoms with Crippen LogP contribution < -0.4 is 15.8 Å². The molecule has 1 aromatic carbocycles. The molecule has 0 radical (unpaired) electrons. The molecule has 0 aliphatic heterocycles. The van der Waals surface area contributed by atoms with E-state index < -0.39 is 10.0 Å². The Balaban J connectivity index is 2.15. The predicted molar refractivity (Wildman–Crippen MR) is 70.5 cm³/mol. The summed E-state index contributed by atoms with van der Waals surface area (Å²) in [5.41, 5.74) is 0.859. The summed E-state index contributed by atoms with van der Waals surface area (Å²) in [5, 5.41) is 10.4. The van der Waals surface area contributed by atoms with E-state index in [2.05, 4.69) is 10.6 Å². The van der Waals surface area contributed by atoms with E-state index in [0.29, 0.717) is 13.0 Å². The lowest BCUT2D eigenvalue weighted by Gasteiger charge is -2.07. The van der Waals surface area contributed by atoms with Crippen molar-refractivity contribution in [2.75, 3.05) is 24.2 Å². The van der Waals surface area contributed by atoms with Crippen LogP contribution in [0.15, 0.2) is 30.3 Å². The van der Waals surface area contributed by atoms with Gasteiger partial charge in [0.25, 0.3) is 0 Å². The number of hydrogen-bond acceptors (Lipinski definition) is 4. The van der Waals surface area contributed by atoms with Gasteiger partial charge in [0.2, 0.25) is 15.9 Å². The molecule has 0 bridgehead atoms. The van der Waals surface area contributed by atoms with Crippen LogP contribution in [0.2, 0.25) is 0 Å². The number of primary sulfonamides is 1. The summed E-state index contributed by atoms with van der Waals surface area (Å²) in [4.78, 5) is 11.4. The van der Waals surface area contributed by atoms with E-state index in [4.69, 9.17) is 5.14 Å². The quantitative estimate of drug-likeness (QED) is 0.602. The van der Waals surface area contributed by atoms with Gasteiger partial charge in [0, 0.05) is 12.2 Å². The number of rotatable bonds is 7. The molecule has 0 fully saturated rings. The zero-order valence-electron chi connectivity index (χ0n) is 9.93. The van der Waals surface area contributed by atoms with Gasteiger partial charge in [0.05, 0.1) is 12.3 Å². The number of carbonyl (C=O) groups excluding carboxylic acids is 1. The summed E-state index contributed by atoms with van der Waals surface area (Å²) in [7, 11) is -3.44. The second kappa shape index (κ2) is 6.97. The van der Waals surface area contributed by atoms with Gasteiger partial charge >= 0.3 is 0 Å². The largest absolute Gasteiger partial charge is 0.376 e. The molecule has 7 heteroatoms. The molecule has 0 aliphatic carbocycles. The first kappa shape index (κ1) is 14.5. The van der Waals surface area contributed by atoms with Crippen molar-refractivity contribution >= 4 is 21.6 Å². The van der Waals surface area contributed by atoms with Gasteiger partial charge in [-0.15, -0.1) is 0 Å². The lowest BCUT2D eigenvalue weighted by Crippen LogP contribution is -2.32. The van der Waals surface area contributed by atoms with Gasteiger partial charge in [-0.1, -0.05) is 18.2 Å². The molecule has 100 valence electrons. The lowest BCUT2D eigenvalue weighted by molar-refractivity contribution is -0.119. The Hall–Kier alpha value is -1.60. The molecule has 0 heterocycles. The van der Waals surface area contributed by atoms with E-state index in [1.54, 1.807) is 0 Å². The molecule has 0 spiro atoms. The zero-order valence-corrected chi connectivity index (χ0v) is 10.7. The summed E-state index contributed by atoms with van der Waals surface area (Å²) < 4.78 is 21.3. The molecule has 0 unspecified atom stereocenters. The summed E-state index contributed by atoms with van der Waals surface area (Å²) >= 11 is 0. The van der Waals surface area contributed by atoms with Crippen molar-refractivity contribution in [1.82, 2.24) is 5.32 Å². The molecule has 0 atom stereocenters. The maximum atomic E-state index is 11.4. The normalized spacial score (nSPS) is 10.9. The third-order valence-corrected chi connectivity index (χ3v) is 3.01. The molecule has 0 saturated carbocycles. The fraction of sp³-hybridized carbons (Fsp3) is 0.364. The zero-order chi connectivity index (χ0) is 13.4. The average molecular weight is 271 g/mol. The number of carbonyl (C=O) groups is 1. The van der Waals surface area contributed by atoms with Crippen molar-refractivity contribution in [2.24, 2.45) is 5.14 Å². The SMILES string of the molecule is NS(=O)(=O)CCCNC(=O)CNc1ccccc1. The van der Waals surface area contributed by atoms with Crippen LogP contribution in [0.25, 0.3) is 0 Å². The highest BCUT2D eigenvalue weighted by Crippen LogP contribution is 2.03. The van der Waals surface area contributed by atoms with Crippen molar-refractivity contribution in [1.29, 1.82) is 0 Å². The second-order valence-corrected chi connectivity index (χ2v) is 5.52. The van der Waals surface area contributed by atoms with Gasteiger partial charge in [-0.3, -0.25) is 4.79 Å². The molecule has 4 N–H and O–H groups in total. The third kappa shape index (κ3) is 6.87. The van der Waals surface area contributed by atoms with Crippen LogP contribution in [-0.4, -0.2) is 33.2 Å². The number of hydrogen-bond donors (Lipinski definition) is 3. The van der Waals surface area contributed by atoms with Crippen LogP contribution in [0.3, 0.4) is 0 Å². The van der Waals surface area contributed by atoms with Crippen molar-refractivity contribution < 1.29 is 13.2 Å². The molecule has 1 amide bonds. The standard InChI is InChI=1S/C11H17N3O3S/c12-18(16,17)8-4-7-13-11(15)9-14-10-5-2-1-3-6-10/h1-3,5-6,14H,4,7-9H2,(H,13,15)(H2,12,16,17). The van der Waals surface area contributed by atoms with Crippen LogP contribution in [0, 0.1) is 0 Å². The van der Waals surface area contributed by atoms with Crippen LogP contribution >= 0.6 is 0 Å². The number of sulfonamides is 1. The van der Waals surface area contributed by atoms with Crippen LogP contribution in [0.4, 0.5) is 5.69 Å². The first-order chi connectivity index (χ1) is 8.47. The number of nitrogens with two attached hydrogens (primary N) is 1. The summed E-state index contributed by atoms with van der Waals surface area (Å²) in [6.07, 6.45) is 0.315. The summed E-state index contributed by atoms with van der Waals surface area (Å²) in [6.45, 7) is 0.450. The Labute approximate surface area is 107 Å². The van der Waals surface area contributed by atoms with E-state index in [9.17, 15) is 13.2 Å². The molecule has 0 aliphatic rings. The fourth-order valence-electron chi connectivity index (χ4n) is 1.30. The lowest BCUT2D eigenvalue weighted by atomic mass is 10.3. The highest BCUT2D eigenvalue weighted by atomic mass is 32.2. The van der Waals surface area contributed by atoms with Gasteiger partial charge in [0.15, 0.2) is 0 Å². The molecule has 0 saturated heterocycles. The summed E-state index contributed by atoms with van der Waals surface area (Å²) in [6, 6.07) is 9.33. The Morgan fingerprint density at radius 1 is 1.22 bits per heavy atom. The van der Waals surface area contributed by atoms with E-state index >= 15 is 0 Å². The Kier molecular flexibility index (Phi) is 5.60. The first-order valence-electron chi connectivity index (χ1n) is 5.53. The molecule has 18 heavy (non-hydrogen) atoms. The second-order valence-electron chi connectivity index (χ2n) is 3.79. The first-order valence-corrected chi connectivity index (χ1v) is 7.25. The number of anilines is 1. The number of benzene rings is 1. The maximum Gasteiger partial charge on any atom is 0.239 e. The van der Waals surface area contributed by atoms with Crippen molar-refractivity contribution in [3.8, 4) is 0 Å². The van der Waals surface area contributed by atoms with Crippen LogP contribution in [-0.2, 0) is 14.8 Å². The molecule has 1 rings (SSSR count). The van der Waals surface area contributed by atoms with Gasteiger partial charge in [-0.25, -0.2) is 13.6 Å². The average Bonchev–Trinajstić information content (AvgIpc) is 2.32. The van der Waals surface area contributed by atoms with Gasteiger partial charge in [-0.2, -0.15) is 0 Å². The van der Waals surface area contributed by atoms with E-state index in [0.717, 1.165) is 5.69 Å². The minimum atomic E-state index is -3.44. The number of nitrogens with one attached hydrogen (secondary N) is 2. The minimum absolute atomic E-state index is 0.126. The van der Waals surface area contributed by atoms with Crippen LogP contribution in [0.1, 0.15) is 6.42 Å². The van der Waals surface area contributed by atoms with Gasteiger partial charge in [0.1, 0.15) is 0 Å². The van der Waals surface area contributed by atoms with Crippen molar-refractivity contribution in [2.45, 2.75) is 6.42 Å².